The number of carbonyl (C=O) groups is 3. The molecule has 3 aromatic rings. The van der Waals surface area contributed by atoms with Crippen molar-refractivity contribution in [1.82, 2.24) is 9.62 Å². The smallest absolute Gasteiger partial charge is 0.334 e. The fourth-order valence-electron chi connectivity index (χ4n) is 6.43. The Labute approximate surface area is 291 Å². The number of aliphatic hydroxyl groups is 1. The number of hydrogen-bond acceptors (Lipinski definition) is 6. The van der Waals surface area contributed by atoms with Gasteiger partial charge in [0.1, 0.15) is 0 Å². The van der Waals surface area contributed by atoms with Crippen LogP contribution in [0.2, 0.25) is 0 Å². The van der Waals surface area contributed by atoms with E-state index in [1.807, 2.05) is 36.4 Å². The molecule has 0 saturated carbocycles. The minimum absolute atomic E-state index is 0.0874. The quantitative estimate of drug-likeness (QED) is 0.190. The number of allylic oxidation sites excluding steroid dienone is 4. The molecule has 3 aromatic carbocycles. The average molecular weight is 697 g/mol. The third-order valence-electron chi connectivity index (χ3n) is 9.19. The maximum Gasteiger partial charge on any atom is 0.334 e. The third kappa shape index (κ3) is 7.82. The van der Waals surface area contributed by atoms with E-state index in [4.69, 9.17) is 5.11 Å². The fourth-order valence-corrected chi connectivity index (χ4v) is 7.99. The number of urea groups is 1. The first-order chi connectivity index (χ1) is 24.1. The van der Waals surface area contributed by atoms with Gasteiger partial charge in [0.2, 0.25) is 0 Å². The van der Waals surface area contributed by atoms with Crippen molar-refractivity contribution < 1.29 is 33.0 Å². The maximum atomic E-state index is 14.0. The van der Waals surface area contributed by atoms with Crippen LogP contribution >= 0.6 is 0 Å². The van der Waals surface area contributed by atoms with E-state index < -0.39 is 40.6 Å². The Balaban J connectivity index is 1.22. The summed E-state index contributed by atoms with van der Waals surface area (Å²) in [6, 6.07) is 20.1. The number of carboxylic acids is 1. The number of amides is 3. The number of sulfonamides is 1. The molecule has 0 bridgehead atoms. The summed E-state index contributed by atoms with van der Waals surface area (Å²) < 4.78 is 28.9. The van der Waals surface area contributed by atoms with E-state index in [2.05, 4.69) is 16.7 Å². The molecule has 1 atom stereocenters. The van der Waals surface area contributed by atoms with E-state index in [1.165, 1.54) is 28.4 Å². The van der Waals surface area contributed by atoms with Crippen LogP contribution in [-0.4, -0.2) is 60.0 Å². The largest absolute Gasteiger partial charge is 0.479 e. The lowest BCUT2D eigenvalue weighted by atomic mass is 9.93. The van der Waals surface area contributed by atoms with Crippen LogP contribution in [0.5, 0.6) is 0 Å². The van der Waals surface area contributed by atoms with E-state index >= 15 is 0 Å². The van der Waals surface area contributed by atoms with Crippen LogP contribution in [0, 0.1) is 0 Å². The van der Waals surface area contributed by atoms with Gasteiger partial charge < -0.3 is 20.8 Å². The van der Waals surface area contributed by atoms with Gasteiger partial charge in [-0.05, 0) is 116 Å². The number of aliphatic carboxylic acids is 1. The van der Waals surface area contributed by atoms with Crippen LogP contribution in [0.3, 0.4) is 0 Å². The van der Waals surface area contributed by atoms with Gasteiger partial charge in [-0.2, -0.15) is 0 Å². The molecule has 1 aliphatic heterocycles. The molecular weight excluding hydrogens is 657 g/mol. The highest BCUT2D eigenvalue weighted by atomic mass is 32.2. The first kappa shape index (κ1) is 34.7. The number of anilines is 2. The molecule has 1 heterocycles. The molecule has 12 heteroatoms. The molecule has 4 N–H and O–H groups in total. The molecule has 0 spiro atoms. The van der Waals surface area contributed by atoms with Crippen LogP contribution in [-0.2, 0) is 21.4 Å². The lowest BCUT2D eigenvalue weighted by molar-refractivity contribution is -0.146. The molecule has 3 aliphatic rings. The summed E-state index contributed by atoms with van der Waals surface area (Å²) in [5.41, 5.74) is 6.18. The molecule has 0 unspecified atom stereocenters. The van der Waals surface area contributed by atoms with Crippen molar-refractivity contribution in [3.63, 3.8) is 0 Å². The van der Waals surface area contributed by atoms with Gasteiger partial charge >= 0.3 is 12.0 Å². The summed E-state index contributed by atoms with van der Waals surface area (Å²) in [7, 11) is -3.85. The fraction of sp³-hybridized carbons (Fsp3) is 0.289. The third-order valence-corrected chi connectivity index (χ3v) is 11.0. The topological polar surface area (TPSA) is 156 Å². The van der Waals surface area contributed by atoms with Crippen LogP contribution in [0.15, 0.2) is 107 Å². The summed E-state index contributed by atoms with van der Waals surface area (Å²) in [6.07, 6.45) is 11.2. The molecule has 0 radical (unpaired) electrons. The summed E-state index contributed by atoms with van der Waals surface area (Å²) >= 11 is 0. The van der Waals surface area contributed by atoms with Crippen LogP contribution in [0.4, 0.5) is 16.2 Å². The van der Waals surface area contributed by atoms with E-state index in [9.17, 15) is 27.9 Å². The van der Waals surface area contributed by atoms with Gasteiger partial charge in [0.05, 0.1) is 23.7 Å². The molecule has 3 amide bonds. The number of nitrogens with zero attached hydrogens (tertiary/aromatic N) is 2. The lowest BCUT2D eigenvalue weighted by Crippen LogP contribution is -2.36. The van der Waals surface area contributed by atoms with Crippen molar-refractivity contribution in [2.45, 2.75) is 62.5 Å². The van der Waals surface area contributed by atoms with Crippen molar-refractivity contribution >= 4 is 44.9 Å². The van der Waals surface area contributed by atoms with Gasteiger partial charge in [-0.1, -0.05) is 42.5 Å². The number of benzene rings is 3. The lowest BCUT2D eigenvalue weighted by Gasteiger charge is -2.25. The van der Waals surface area contributed by atoms with Crippen molar-refractivity contribution in [3.8, 4) is 0 Å². The van der Waals surface area contributed by atoms with E-state index in [0.29, 0.717) is 29.9 Å². The summed E-state index contributed by atoms with van der Waals surface area (Å²) in [5.74, 6) is -1.98. The Morgan fingerprint density at radius 1 is 0.920 bits per heavy atom. The number of aliphatic hydroxyl groups excluding tert-OH is 1. The van der Waals surface area contributed by atoms with Crippen LogP contribution < -0.4 is 15.5 Å². The molecule has 0 saturated heterocycles. The van der Waals surface area contributed by atoms with E-state index in [1.54, 1.807) is 41.3 Å². The zero-order valence-corrected chi connectivity index (χ0v) is 28.4. The van der Waals surface area contributed by atoms with Crippen molar-refractivity contribution in [2.75, 3.05) is 23.3 Å². The van der Waals surface area contributed by atoms with Gasteiger partial charge in [-0.3, -0.25) is 14.0 Å². The van der Waals surface area contributed by atoms with Crippen molar-refractivity contribution in [2.24, 2.45) is 0 Å². The molecule has 50 heavy (non-hydrogen) atoms. The Hall–Kier alpha value is -5.20. The maximum absolute atomic E-state index is 14.0. The SMILES string of the molecule is O=C(NC[C@@H](O)C(=O)O)c1ccc(CN(C(=O)Nc2cccc(S(=O)(=O)N3CCC4=C3C=CCC4)c2)c2ccc(C3=CCCCC3)cc2)cc1. The second-order valence-electron chi connectivity index (χ2n) is 12.6. The van der Waals surface area contributed by atoms with Crippen LogP contribution in [0.25, 0.3) is 5.57 Å². The van der Waals surface area contributed by atoms with Gasteiger partial charge in [0, 0.05) is 23.5 Å². The van der Waals surface area contributed by atoms with E-state index in [-0.39, 0.29) is 17.0 Å². The number of carboxylic acid groups (broad SMARTS) is 1. The molecule has 0 fully saturated rings. The van der Waals surface area contributed by atoms with Crippen molar-refractivity contribution in [1.29, 1.82) is 0 Å². The Morgan fingerprint density at radius 3 is 2.42 bits per heavy atom. The monoisotopic (exact) mass is 696 g/mol. The number of carbonyl (C=O) groups excluding carboxylic acids is 2. The highest BCUT2D eigenvalue weighted by Gasteiger charge is 2.32. The molecule has 6 rings (SSSR count). The summed E-state index contributed by atoms with van der Waals surface area (Å²) in [4.78, 5) is 39.0. The van der Waals surface area contributed by atoms with Crippen molar-refractivity contribution in [3.05, 3.63) is 119 Å². The minimum Gasteiger partial charge on any atom is -0.479 e. The van der Waals surface area contributed by atoms with Crippen LogP contribution in [0.1, 0.15) is 66.4 Å². The van der Waals surface area contributed by atoms with Gasteiger partial charge in [-0.15, -0.1) is 0 Å². The second kappa shape index (κ2) is 15.1. The molecular formula is C38H40N4O7S. The molecule has 2 aliphatic carbocycles. The highest BCUT2D eigenvalue weighted by molar-refractivity contribution is 7.89. The number of hydrogen-bond donors (Lipinski definition) is 4. The van der Waals surface area contributed by atoms with Gasteiger partial charge in [-0.25, -0.2) is 18.0 Å². The normalized spacial score (nSPS) is 16.3. The Bertz CT molecular complexity index is 1970. The molecule has 260 valence electrons. The number of rotatable bonds is 11. The highest BCUT2D eigenvalue weighted by Crippen LogP contribution is 2.35. The van der Waals surface area contributed by atoms with Gasteiger partial charge in [0.15, 0.2) is 6.10 Å². The standard InChI is InChI=1S/C38H40N4O7S/c43-35(37(45)46)24-39-36(44)30-15-13-26(14-16-30)25-41(32-19-17-28(18-20-32)27-7-2-1-3-8-27)38(47)40-31-10-6-11-33(23-31)50(48,49)42-22-21-29-9-4-5-12-34(29)42/h5-7,10-20,23,35,43H,1-4,8-9,21-22,24-25H2,(H,39,44)(H,40,47)(H,45,46)/t35-/m1/s1. The minimum atomic E-state index is -3.85. The molecule has 0 aromatic heterocycles. The summed E-state index contributed by atoms with van der Waals surface area (Å²) in [6.45, 7) is 0.0785. The van der Waals surface area contributed by atoms with Gasteiger partial charge in [0.25, 0.3) is 15.9 Å². The zero-order valence-electron chi connectivity index (χ0n) is 27.5. The van der Waals surface area contributed by atoms with E-state index in [0.717, 1.165) is 48.9 Å². The Morgan fingerprint density at radius 2 is 1.70 bits per heavy atom. The Kier molecular flexibility index (Phi) is 10.5. The first-order valence-electron chi connectivity index (χ1n) is 16.8. The predicted molar refractivity (Wildman–Crippen MR) is 191 cm³/mol. The summed E-state index contributed by atoms with van der Waals surface area (Å²) in [5, 5.41) is 23.6. The second-order valence-corrected chi connectivity index (χ2v) is 14.4. The molecule has 11 nitrogen and oxygen atoms in total. The first-order valence-corrected chi connectivity index (χ1v) is 18.2. The number of nitrogens with one attached hydrogen (secondary N) is 2. The average Bonchev–Trinajstić information content (AvgIpc) is 3.59. The predicted octanol–water partition coefficient (Wildman–Crippen LogP) is 6.06. The zero-order chi connectivity index (χ0) is 35.3.